The van der Waals surface area contributed by atoms with Gasteiger partial charge in [0, 0.05) is 0 Å². The third-order valence-corrected chi connectivity index (χ3v) is 6.94. The van der Waals surface area contributed by atoms with Crippen molar-refractivity contribution >= 4 is 0 Å². The monoisotopic (exact) mass is 316 g/mol. The Bertz CT molecular complexity index is 462. The van der Waals surface area contributed by atoms with E-state index in [0.29, 0.717) is 5.41 Å². The SMILES string of the molecule is CCCCC1=C(CC)C(C)C(C)CC(C)=CC(C)(C)C2CCC12. The molecule has 0 N–H and O–H groups in total. The Morgan fingerprint density at radius 1 is 1.09 bits per heavy atom. The largest absolute Gasteiger partial charge is 0.0796 e. The molecule has 2 rings (SSSR count). The van der Waals surface area contributed by atoms with Gasteiger partial charge >= 0.3 is 0 Å². The van der Waals surface area contributed by atoms with E-state index in [1.165, 1.54) is 44.9 Å². The van der Waals surface area contributed by atoms with Crippen molar-refractivity contribution < 1.29 is 0 Å². The van der Waals surface area contributed by atoms with Crippen LogP contribution in [-0.4, -0.2) is 0 Å². The molecule has 0 aromatic rings. The first-order valence-corrected chi connectivity index (χ1v) is 10.2. The molecule has 0 amide bonds. The van der Waals surface area contributed by atoms with Crippen molar-refractivity contribution in [2.45, 2.75) is 93.4 Å². The van der Waals surface area contributed by atoms with Crippen molar-refractivity contribution in [1.82, 2.24) is 0 Å². The molecule has 2 aliphatic carbocycles. The van der Waals surface area contributed by atoms with Crippen LogP contribution in [0.4, 0.5) is 0 Å². The molecule has 0 nitrogen and oxygen atoms in total. The topological polar surface area (TPSA) is 0 Å². The standard InChI is InChI=1S/C23H40/c1-8-10-11-20-19(9-2)18(5)17(4)14-16(3)15-23(6,7)22-13-12-21(20)22/h15,17-18,21-22H,8-14H2,1-7H3. The number of unbranched alkanes of at least 4 members (excludes halogenated alkanes) is 1. The second kappa shape index (κ2) is 7.58. The minimum Gasteiger partial charge on any atom is -0.0796 e. The van der Waals surface area contributed by atoms with Gasteiger partial charge in [-0.3, -0.25) is 0 Å². The van der Waals surface area contributed by atoms with Gasteiger partial charge in [-0.2, -0.15) is 0 Å². The van der Waals surface area contributed by atoms with Crippen molar-refractivity contribution in [2.24, 2.45) is 29.1 Å². The van der Waals surface area contributed by atoms with E-state index in [-0.39, 0.29) is 0 Å². The summed E-state index contributed by atoms with van der Waals surface area (Å²) in [5, 5.41) is 0. The van der Waals surface area contributed by atoms with Crippen LogP contribution in [0, 0.1) is 29.1 Å². The van der Waals surface area contributed by atoms with Crippen LogP contribution < -0.4 is 0 Å². The maximum absolute atomic E-state index is 2.63. The molecule has 0 radical (unpaired) electrons. The van der Waals surface area contributed by atoms with Gasteiger partial charge in [-0.25, -0.2) is 0 Å². The smallest absolute Gasteiger partial charge is 0.0138 e. The van der Waals surface area contributed by atoms with Crippen LogP contribution in [-0.2, 0) is 0 Å². The lowest BCUT2D eigenvalue weighted by molar-refractivity contribution is 0.0952. The van der Waals surface area contributed by atoms with Gasteiger partial charge in [0.1, 0.15) is 0 Å². The van der Waals surface area contributed by atoms with Crippen LogP contribution in [0.15, 0.2) is 22.8 Å². The Hall–Kier alpha value is -0.520. The van der Waals surface area contributed by atoms with Crippen molar-refractivity contribution in [2.75, 3.05) is 0 Å². The quantitative estimate of drug-likeness (QED) is 0.469. The summed E-state index contributed by atoms with van der Waals surface area (Å²) in [4.78, 5) is 0. The van der Waals surface area contributed by atoms with Crippen molar-refractivity contribution in [3.8, 4) is 0 Å². The summed E-state index contributed by atoms with van der Waals surface area (Å²) in [6.45, 7) is 17.1. The normalized spacial score (nSPS) is 34.5. The second-order valence-electron chi connectivity index (χ2n) is 9.08. The summed E-state index contributed by atoms with van der Waals surface area (Å²) in [6.07, 6.45) is 12.1. The third-order valence-electron chi connectivity index (χ3n) is 6.94. The Kier molecular flexibility index (Phi) is 6.20. The number of rotatable bonds is 4. The zero-order chi connectivity index (χ0) is 17.2. The summed E-state index contributed by atoms with van der Waals surface area (Å²) in [5.41, 5.74) is 5.69. The van der Waals surface area contributed by atoms with E-state index >= 15 is 0 Å². The summed E-state index contributed by atoms with van der Waals surface area (Å²) >= 11 is 0. The maximum atomic E-state index is 2.63. The number of allylic oxidation sites excluding steroid dienone is 4. The fourth-order valence-corrected chi connectivity index (χ4v) is 5.43. The van der Waals surface area contributed by atoms with E-state index in [0.717, 1.165) is 23.7 Å². The highest BCUT2D eigenvalue weighted by atomic mass is 14.5. The molecule has 4 unspecified atom stereocenters. The van der Waals surface area contributed by atoms with Crippen LogP contribution in [0.1, 0.15) is 93.4 Å². The summed E-state index contributed by atoms with van der Waals surface area (Å²) in [7, 11) is 0. The predicted octanol–water partition coefficient (Wildman–Crippen LogP) is 7.56. The average molecular weight is 317 g/mol. The molecule has 23 heavy (non-hydrogen) atoms. The second-order valence-corrected chi connectivity index (χ2v) is 9.08. The predicted molar refractivity (Wildman–Crippen MR) is 104 cm³/mol. The van der Waals surface area contributed by atoms with Gasteiger partial charge in [-0.1, -0.05) is 70.8 Å². The average Bonchev–Trinajstić information content (AvgIpc) is 2.41. The van der Waals surface area contributed by atoms with Gasteiger partial charge < -0.3 is 0 Å². The fraction of sp³-hybridized carbons (Fsp3) is 0.826. The minimum absolute atomic E-state index is 0.365. The Labute approximate surface area is 145 Å². The molecule has 4 atom stereocenters. The molecule has 0 aromatic carbocycles. The minimum atomic E-state index is 0.365. The molecule has 0 saturated heterocycles. The van der Waals surface area contributed by atoms with E-state index < -0.39 is 0 Å². The van der Waals surface area contributed by atoms with Crippen LogP contribution in [0.5, 0.6) is 0 Å². The Morgan fingerprint density at radius 2 is 1.78 bits per heavy atom. The van der Waals surface area contributed by atoms with Gasteiger partial charge in [0.2, 0.25) is 0 Å². The van der Waals surface area contributed by atoms with E-state index in [1.54, 1.807) is 5.57 Å². The van der Waals surface area contributed by atoms with E-state index in [9.17, 15) is 0 Å². The zero-order valence-corrected chi connectivity index (χ0v) is 16.8. The maximum Gasteiger partial charge on any atom is -0.0138 e. The van der Waals surface area contributed by atoms with Gasteiger partial charge in [-0.15, -0.1) is 0 Å². The lowest BCUT2D eigenvalue weighted by Gasteiger charge is -2.49. The molecule has 2 aliphatic rings. The van der Waals surface area contributed by atoms with Crippen molar-refractivity contribution in [3.05, 3.63) is 22.8 Å². The molecular formula is C23H40. The summed E-state index contributed by atoms with van der Waals surface area (Å²) in [6, 6.07) is 0. The highest BCUT2D eigenvalue weighted by Crippen LogP contribution is 2.54. The fourth-order valence-electron chi connectivity index (χ4n) is 5.43. The zero-order valence-electron chi connectivity index (χ0n) is 16.8. The van der Waals surface area contributed by atoms with Crippen LogP contribution in [0.2, 0.25) is 0 Å². The Morgan fingerprint density at radius 3 is 2.30 bits per heavy atom. The van der Waals surface area contributed by atoms with Crippen LogP contribution >= 0.6 is 0 Å². The first-order valence-electron chi connectivity index (χ1n) is 10.2. The lowest BCUT2D eigenvalue weighted by atomic mass is 9.56. The van der Waals surface area contributed by atoms with Gasteiger partial charge in [0.25, 0.3) is 0 Å². The molecular weight excluding hydrogens is 276 g/mol. The molecule has 0 bridgehead atoms. The van der Waals surface area contributed by atoms with Crippen molar-refractivity contribution in [1.29, 1.82) is 0 Å². The molecule has 0 heterocycles. The molecule has 0 spiro atoms. The van der Waals surface area contributed by atoms with E-state index in [1.807, 2.05) is 11.1 Å². The molecule has 1 fully saturated rings. The van der Waals surface area contributed by atoms with Gasteiger partial charge in [0.15, 0.2) is 0 Å². The highest BCUT2D eigenvalue weighted by molar-refractivity contribution is 5.26. The molecule has 132 valence electrons. The first kappa shape index (κ1) is 18.8. The van der Waals surface area contributed by atoms with Crippen LogP contribution in [0.3, 0.4) is 0 Å². The highest BCUT2D eigenvalue weighted by Gasteiger charge is 2.43. The van der Waals surface area contributed by atoms with E-state index in [2.05, 4.69) is 54.5 Å². The summed E-state index contributed by atoms with van der Waals surface area (Å²) in [5.74, 6) is 3.25. The van der Waals surface area contributed by atoms with Gasteiger partial charge in [-0.05, 0) is 74.5 Å². The molecule has 0 aliphatic heterocycles. The molecule has 0 heteroatoms. The summed E-state index contributed by atoms with van der Waals surface area (Å²) < 4.78 is 0. The Balaban J connectivity index is 2.46. The lowest BCUT2D eigenvalue weighted by Crippen LogP contribution is -2.39. The van der Waals surface area contributed by atoms with Gasteiger partial charge in [0.05, 0.1) is 0 Å². The molecule has 0 aromatic heterocycles. The number of fused-ring (bicyclic) bond motifs is 1. The number of hydrogen-bond donors (Lipinski definition) is 0. The van der Waals surface area contributed by atoms with E-state index in [4.69, 9.17) is 0 Å². The number of hydrogen-bond acceptors (Lipinski definition) is 0. The third kappa shape index (κ3) is 3.94. The first-order chi connectivity index (χ1) is 10.8. The van der Waals surface area contributed by atoms with Crippen molar-refractivity contribution in [3.63, 3.8) is 0 Å². The van der Waals surface area contributed by atoms with Crippen LogP contribution in [0.25, 0.3) is 0 Å². The molecule has 1 saturated carbocycles.